The highest BCUT2D eigenvalue weighted by molar-refractivity contribution is 5.85. The predicted octanol–water partition coefficient (Wildman–Crippen LogP) is 3.56. The lowest BCUT2D eigenvalue weighted by molar-refractivity contribution is -0.274. The smallest absolute Gasteiger partial charge is 0.406 e. The molecule has 0 radical (unpaired) electrons. The van der Waals surface area contributed by atoms with Crippen molar-refractivity contribution in [2.45, 2.75) is 12.4 Å². The first-order valence-corrected chi connectivity index (χ1v) is 6.42. The molecular formula is C14H19Cl2F3N2O. The summed E-state index contributed by atoms with van der Waals surface area (Å²) in [6.45, 7) is 7.40. The average molecular weight is 359 g/mol. The van der Waals surface area contributed by atoms with Crippen molar-refractivity contribution in [2.24, 2.45) is 0 Å². The van der Waals surface area contributed by atoms with Crippen LogP contribution in [0.1, 0.15) is 11.6 Å². The van der Waals surface area contributed by atoms with Crippen molar-refractivity contribution < 1.29 is 17.9 Å². The topological polar surface area (TPSA) is 24.5 Å². The van der Waals surface area contributed by atoms with Crippen LogP contribution in [-0.2, 0) is 0 Å². The molecule has 0 aromatic heterocycles. The Kier molecular flexibility index (Phi) is 8.85. The van der Waals surface area contributed by atoms with Crippen LogP contribution < -0.4 is 10.1 Å². The van der Waals surface area contributed by atoms with Crippen LogP contribution in [0, 0.1) is 0 Å². The minimum atomic E-state index is -4.65. The van der Waals surface area contributed by atoms with Gasteiger partial charge in [-0.2, -0.15) is 0 Å². The van der Waals surface area contributed by atoms with E-state index in [1.807, 2.05) is 6.08 Å². The van der Waals surface area contributed by atoms with Crippen molar-refractivity contribution in [1.29, 1.82) is 0 Å². The van der Waals surface area contributed by atoms with E-state index in [2.05, 4.69) is 21.5 Å². The molecule has 3 nitrogen and oxygen atoms in total. The Bertz CT molecular complexity index is 448. The highest BCUT2D eigenvalue weighted by Crippen LogP contribution is 2.27. The molecule has 1 aromatic carbocycles. The summed E-state index contributed by atoms with van der Waals surface area (Å²) in [5.74, 6) is -0.204. The van der Waals surface area contributed by atoms with E-state index < -0.39 is 6.36 Å². The Hall–Kier alpha value is -0.950. The maximum Gasteiger partial charge on any atom is 0.573 e. The standard InChI is InChI=1S/C14H17F3N2O.2ClH/c1-2-13(19-9-7-18-8-10-19)11-3-5-12(6-4-11)20-14(15,16)17;;/h2-6,13,18H,1,7-10H2;2*1H/t13-;;/m0../s1. The van der Waals surface area contributed by atoms with Crippen LogP contribution in [0.3, 0.4) is 0 Å². The summed E-state index contributed by atoms with van der Waals surface area (Å²) in [4.78, 5) is 2.24. The molecule has 0 spiro atoms. The maximum absolute atomic E-state index is 12.1. The van der Waals surface area contributed by atoms with Crippen LogP contribution >= 0.6 is 24.8 Å². The summed E-state index contributed by atoms with van der Waals surface area (Å²) in [6.07, 6.45) is -2.84. The molecule has 1 atom stereocenters. The SMILES string of the molecule is C=C[C@@H](c1ccc(OC(F)(F)F)cc1)N1CCNCC1.Cl.Cl. The van der Waals surface area contributed by atoms with Gasteiger partial charge in [0.05, 0.1) is 6.04 Å². The molecule has 1 N–H and O–H groups in total. The molecule has 0 amide bonds. The zero-order valence-corrected chi connectivity index (χ0v) is 13.4. The van der Waals surface area contributed by atoms with Gasteiger partial charge in [0.15, 0.2) is 0 Å². The van der Waals surface area contributed by atoms with E-state index in [0.29, 0.717) is 0 Å². The molecule has 0 bridgehead atoms. The van der Waals surface area contributed by atoms with Crippen molar-refractivity contribution in [3.05, 3.63) is 42.5 Å². The fourth-order valence-electron chi connectivity index (χ4n) is 2.32. The van der Waals surface area contributed by atoms with Crippen molar-refractivity contribution in [1.82, 2.24) is 10.2 Å². The van der Waals surface area contributed by atoms with Crippen LogP contribution in [0.25, 0.3) is 0 Å². The van der Waals surface area contributed by atoms with Crippen LogP contribution in [0.4, 0.5) is 13.2 Å². The molecule has 8 heteroatoms. The zero-order chi connectivity index (χ0) is 14.6. The molecule has 1 aliphatic rings. The first-order valence-electron chi connectivity index (χ1n) is 6.42. The van der Waals surface area contributed by atoms with E-state index in [4.69, 9.17) is 0 Å². The summed E-state index contributed by atoms with van der Waals surface area (Å²) in [6, 6.07) is 5.98. The Morgan fingerprint density at radius 3 is 2.14 bits per heavy atom. The molecule has 0 unspecified atom stereocenters. The number of nitrogens with zero attached hydrogens (tertiary/aromatic N) is 1. The Morgan fingerprint density at radius 1 is 1.14 bits per heavy atom. The Balaban J connectivity index is 0.00000220. The van der Waals surface area contributed by atoms with Gasteiger partial charge in [0.25, 0.3) is 0 Å². The lowest BCUT2D eigenvalue weighted by Gasteiger charge is -2.33. The number of alkyl halides is 3. The van der Waals surface area contributed by atoms with Crippen LogP contribution in [0.5, 0.6) is 5.75 Å². The number of nitrogens with one attached hydrogen (secondary N) is 1. The number of piperazine rings is 1. The van der Waals surface area contributed by atoms with Gasteiger partial charge in [-0.05, 0) is 17.7 Å². The molecule has 1 saturated heterocycles. The summed E-state index contributed by atoms with van der Waals surface area (Å²) in [5, 5.41) is 3.26. The third kappa shape index (κ3) is 6.04. The summed E-state index contributed by atoms with van der Waals surface area (Å²) >= 11 is 0. The lowest BCUT2D eigenvalue weighted by atomic mass is 10.0. The highest BCUT2D eigenvalue weighted by Gasteiger charge is 2.31. The summed E-state index contributed by atoms with van der Waals surface area (Å²) in [5.41, 5.74) is 0.913. The second-order valence-electron chi connectivity index (χ2n) is 4.58. The third-order valence-electron chi connectivity index (χ3n) is 3.22. The molecule has 22 heavy (non-hydrogen) atoms. The molecule has 1 fully saturated rings. The second kappa shape index (κ2) is 9.25. The first kappa shape index (κ1) is 21.0. The monoisotopic (exact) mass is 358 g/mol. The molecule has 1 heterocycles. The zero-order valence-electron chi connectivity index (χ0n) is 11.8. The molecule has 0 saturated carbocycles. The van der Waals surface area contributed by atoms with Gasteiger partial charge in [0.2, 0.25) is 0 Å². The number of ether oxygens (including phenoxy) is 1. The largest absolute Gasteiger partial charge is 0.573 e. The highest BCUT2D eigenvalue weighted by atomic mass is 35.5. The molecule has 1 aliphatic heterocycles. The van der Waals surface area contributed by atoms with Gasteiger partial charge in [0.1, 0.15) is 5.75 Å². The molecule has 2 rings (SSSR count). The summed E-state index contributed by atoms with van der Waals surface area (Å²) in [7, 11) is 0. The molecule has 1 aromatic rings. The fraction of sp³-hybridized carbons (Fsp3) is 0.429. The fourth-order valence-corrected chi connectivity index (χ4v) is 2.32. The normalized spacial score (nSPS) is 16.9. The van der Waals surface area contributed by atoms with Gasteiger partial charge in [-0.25, -0.2) is 0 Å². The van der Waals surface area contributed by atoms with E-state index in [1.54, 1.807) is 12.1 Å². The third-order valence-corrected chi connectivity index (χ3v) is 3.22. The second-order valence-corrected chi connectivity index (χ2v) is 4.58. The maximum atomic E-state index is 12.1. The lowest BCUT2D eigenvalue weighted by Crippen LogP contribution is -2.44. The molecule has 0 aliphatic carbocycles. The van der Waals surface area contributed by atoms with Crippen molar-refractivity contribution in [3.8, 4) is 5.75 Å². The number of rotatable bonds is 4. The minimum absolute atomic E-state index is 0. The number of benzene rings is 1. The average Bonchev–Trinajstić information content (AvgIpc) is 2.41. The Labute approximate surface area is 140 Å². The quantitative estimate of drug-likeness (QED) is 0.832. The van der Waals surface area contributed by atoms with E-state index in [0.717, 1.165) is 31.7 Å². The molecule has 126 valence electrons. The van der Waals surface area contributed by atoms with Gasteiger partial charge in [-0.15, -0.1) is 44.6 Å². The van der Waals surface area contributed by atoms with Gasteiger partial charge >= 0.3 is 6.36 Å². The number of halogens is 5. The van der Waals surface area contributed by atoms with Crippen molar-refractivity contribution in [3.63, 3.8) is 0 Å². The van der Waals surface area contributed by atoms with E-state index in [-0.39, 0.29) is 36.6 Å². The van der Waals surface area contributed by atoms with E-state index in [1.165, 1.54) is 12.1 Å². The van der Waals surface area contributed by atoms with Crippen LogP contribution in [-0.4, -0.2) is 37.4 Å². The predicted molar refractivity (Wildman–Crippen MR) is 85.0 cm³/mol. The van der Waals surface area contributed by atoms with Gasteiger partial charge in [0, 0.05) is 26.2 Å². The van der Waals surface area contributed by atoms with Gasteiger partial charge < -0.3 is 10.1 Å². The van der Waals surface area contributed by atoms with E-state index >= 15 is 0 Å². The first-order chi connectivity index (χ1) is 9.49. The van der Waals surface area contributed by atoms with Crippen LogP contribution in [0.2, 0.25) is 0 Å². The van der Waals surface area contributed by atoms with Gasteiger partial charge in [-0.1, -0.05) is 18.2 Å². The van der Waals surface area contributed by atoms with Crippen LogP contribution in [0.15, 0.2) is 36.9 Å². The number of hydrogen-bond acceptors (Lipinski definition) is 3. The molecular weight excluding hydrogens is 340 g/mol. The van der Waals surface area contributed by atoms with Gasteiger partial charge in [-0.3, -0.25) is 4.90 Å². The van der Waals surface area contributed by atoms with Crippen molar-refractivity contribution in [2.75, 3.05) is 26.2 Å². The van der Waals surface area contributed by atoms with E-state index in [9.17, 15) is 13.2 Å². The van der Waals surface area contributed by atoms with Crippen molar-refractivity contribution >= 4 is 24.8 Å². The summed E-state index contributed by atoms with van der Waals surface area (Å²) < 4.78 is 40.2. The minimum Gasteiger partial charge on any atom is -0.406 e. The number of hydrogen-bond donors (Lipinski definition) is 1. The Morgan fingerprint density at radius 2 is 1.68 bits per heavy atom.